The summed E-state index contributed by atoms with van der Waals surface area (Å²) in [7, 11) is 0. The van der Waals surface area contributed by atoms with E-state index in [0.29, 0.717) is 5.56 Å². The van der Waals surface area contributed by atoms with Gasteiger partial charge in [0.15, 0.2) is 0 Å². The molecule has 0 aliphatic rings. The number of aromatic hydroxyl groups is 1. The van der Waals surface area contributed by atoms with Crippen molar-refractivity contribution in [1.29, 1.82) is 0 Å². The average molecular weight is 255 g/mol. The number of aliphatic hydroxyl groups is 3. The zero-order chi connectivity index (χ0) is 13.8. The normalized spacial score (nSPS) is 11.3. The number of rotatable bonds is 5. The molecule has 0 atom stereocenters. The first-order chi connectivity index (χ1) is 8.48. The maximum absolute atomic E-state index is 11.8. The van der Waals surface area contributed by atoms with Crippen LogP contribution in [0.25, 0.3) is 0 Å². The maximum Gasteiger partial charge on any atom is 0.252 e. The summed E-state index contributed by atoms with van der Waals surface area (Å²) >= 11 is 0. The number of aliphatic hydroxyl groups excluding tert-OH is 3. The van der Waals surface area contributed by atoms with Crippen LogP contribution < -0.4 is 5.32 Å². The van der Waals surface area contributed by atoms with Gasteiger partial charge in [-0.05, 0) is 24.6 Å². The van der Waals surface area contributed by atoms with Crippen LogP contribution in [0.5, 0.6) is 5.75 Å². The molecular formula is C12H17NO5. The summed E-state index contributed by atoms with van der Waals surface area (Å²) < 4.78 is 0. The van der Waals surface area contributed by atoms with Crippen molar-refractivity contribution in [2.45, 2.75) is 12.5 Å². The molecule has 18 heavy (non-hydrogen) atoms. The molecule has 6 nitrogen and oxygen atoms in total. The molecule has 0 bridgehead atoms. The number of hydrogen-bond acceptors (Lipinski definition) is 5. The Kier molecular flexibility index (Phi) is 4.66. The number of amides is 1. The van der Waals surface area contributed by atoms with E-state index in [2.05, 4.69) is 5.32 Å². The molecule has 0 fully saturated rings. The second kappa shape index (κ2) is 5.81. The fourth-order valence-electron chi connectivity index (χ4n) is 1.33. The lowest BCUT2D eigenvalue weighted by Gasteiger charge is -2.28. The summed E-state index contributed by atoms with van der Waals surface area (Å²) in [6, 6.07) is 4.35. The Morgan fingerprint density at radius 3 is 2.22 bits per heavy atom. The van der Waals surface area contributed by atoms with Crippen molar-refractivity contribution in [3.8, 4) is 5.75 Å². The first kappa shape index (κ1) is 14.4. The van der Waals surface area contributed by atoms with E-state index >= 15 is 0 Å². The molecule has 1 aromatic rings. The number of carbonyl (C=O) groups is 1. The zero-order valence-corrected chi connectivity index (χ0v) is 10.1. The number of hydrogen-bond donors (Lipinski definition) is 5. The molecule has 0 aliphatic carbocycles. The topological polar surface area (TPSA) is 110 Å². The Hall–Kier alpha value is -1.63. The first-order valence-corrected chi connectivity index (χ1v) is 5.43. The van der Waals surface area contributed by atoms with Crippen LogP contribution in [-0.4, -0.2) is 51.7 Å². The Balaban J connectivity index is 2.90. The van der Waals surface area contributed by atoms with Gasteiger partial charge in [0.1, 0.15) is 11.3 Å². The van der Waals surface area contributed by atoms with Gasteiger partial charge in [0.2, 0.25) is 0 Å². The lowest BCUT2D eigenvalue weighted by atomic mass is 10.0. The highest BCUT2D eigenvalue weighted by Crippen LogP contribution is 2.17. The summed E-state index contributed by atoms with van der Waals surface area (Å²) in [5.74, 6) is -0.618. The van der Waals surface area contributed by atoms with Gasteiger partial charge in [0.25, 0.3) is 5.91 Å². The summed E-state index contributed by atoms with van der Waals surface area (Å²) in [5.41, 5.74) is -0.667. The van der Waals surface area contributed by atoms with Gasteiger partial charge in [-0.1, -0.05) is 6.07 Å². The Bertz CT molecular complexity index is 420. The third-order valence-electron chi connectivity index (χ3n) is 2.76. The molecule has 0 radical (unpaired) electrons. The highest BCUT2D eigenvalue weighted by molar-refractivity contribution is 5.95. The van der Waals surface area contributed by atoms with Gasteiger partial charge in [0.05, 0.1) is 19.8 Å². The first-order valence-electron chi connectivity index (χ1n) is 5.43. The van der Waals surface area contributed by atoms with Crippen molar-refractivity contribution < 1.29 is 25.2 Å². The molecule has 0 heterocycles. The van der Waals surface area contributed by atoms with Gasteiger partial charge in [-0.2, -0.15) is 0 Å². The summed E-state index contributed by atoms with van der Waals surface area (Å²) in [6.45, 7) is -0.0900. The molecule has 0 saturated heterocycles. The largest absolute Gasteiger partial charge is 0.508 e. The van der Waals surface area contributed by atoms with Gasteiger partial charge in [0, 0.05) is 5.56 Å². The molecule has 0 aromatic heterocycles. The second-order valence-electron chi connectivity index (χ2n) is 4.21. The highest BCUT2D eigenvalue weighted by atomic mass is 16.3. The quantitative estimate of drug-likeness (QED) is 0.470. The van der Waals surface area contributed by atoms with Crippen LogP contribution in [0.1, 0.15) is 15.9 Å². The second-order valence-corrected chi connectivity index (χ2v) is 4.21. The van der Waals surface area contributed by atoms with Gasteiger partial charge in [-0.3, -0.25) is 4.79 Å². The number of aryl methyl sites for hydroxylation is 1. The Morgan fingerprint density at radius 2 is 1.78 bits per heavy atom. The standard InChI is InChI=1S/C12H17NO5/c1-8-2-3-9(4-10(8)17)11(18)13-12(5-14,6-15)7-16/h2-4,14-17H,5-7H2,1H3,(H,13,18). The number of phenolic OH excluding ortho intramolecular Hbond substituents is 1. The van der Waals surface area contributed by atoms with Gasteiger partial charge >= 0.3 is 0 Å². The van der Waals surface area contributed by atoms with Crippen LogP contribution in [0, 0.1) is 6.92 Å². The Labute approximate surface area is 105 Å². The molecule has 0 saturated carbocycles. The summed E-state index contributed by atoms with van der Waals surface area (Å²) in [4.78, 5) is 11.8. The van der Waals surface area contributed by atoms with Crippen molar-refractivity contribution >= 4 is 5.91 Å². The molecule has 1 amide bonds. The number of nitrogens with one attached hydrogen (secondary N) is 1. The van der Waals surface area contributed by atoms with Crippen LogP contribution in [0.15, 0.2) is 18.2 Å². The molecule has 5 N–H and O–H groups in total. The lowest BCUT2D eigenvalue weighted by molar-refractivity contribution is 0.0375. The van der Waals surface area contributed by atoms with Gasteiger partial charge in [-0.15, -0.1) is 0 Å². The number of carbonyl (C=O) groups excluding carboxylic acids is 1. The highest BCUT2D eigenvalue weighted by Gasteiger charge is 2.30. The van der Waals surface area contributed by atoms with Gasteiger partial charge < -0.3 is 25.7 Å². The van der Waals surface area contributed by atoms with Crippen molar-refractivity contribution in [1.82, 2.24) is 5.32 Å². The average Bonchev–Trinajstić information content (AvgIpc) is 2.39. The fourth-order valence-corrected chi connectivity index (χ4v) is 1.33. The molecule has 6 heteroatoms. The summed E-state index contributed by atoms with van der Waals surface area (Å²) in [6.07, 6.45) is 0. The molecule has 0 spiro atoms. The minimum absolute atomic E-state index is 0.0229. The van der Waals surface area contributed by atoms with E-state index in [0.717, 1.165) is 0 Å². The van der Waals surface area contributed by atoms with E-state index in [4.69, 9.17) is 15.3 Å². The smallest absolute Gasteiger partial charge is 0.252 e. The zero-order valence-electron chi connectivity index (χ0n) is 10.1. The van der Waals surface area contributed by atoms with Crippen molar-refractivity contribution in [3.05, 3.63) is 29.3 Å². The van der Waals surface area contributed by atoms with Crippen molar-refractivity contribution in [2.24, 2.45) is 0 Å². The molecule has 0 unspecified atom stereocenters. The van der Waals surface area contributed by atoms with E-state index in [1.54, 1.807) is 13.0 Å². The van der Waals surface area contributed by atoms with E-state index in [1.165, 1.54) is 12.1 Å². The van der Waals surface area contributed by atoms with Crippen LogP contribution >= 0.6 is 0 Å². The third kappa shape index (κ3) is 2.98. The number of phenols is 1. The van der Waals surface area contributed by atoms with E-state index in [-0.39, 0.29) is 11.3 Å². The number of benzene rings is 1. The lowest BCUT2D eigenvalue weighted by Crippen LogP contribution is -2.57. The Morgan fingerprint density at radius 1 is 1.22 bits per heavy atom. The monoisotopic (exact) mass is 255 g/mol. The van der Waals surface area contributed by atoms with Crippen LogP contribution in [0.3, 0.4) is 0 Å². The van der Waals surface area contributed by atoms with E-state index in [1.807, 2.05) is 0 Å². The fraction of sp³-hybridized carbons (Fsp3) is 0.417. The van der Waals surface area contributed by atoms with Crippen LogP contribution in [0.4, 0.5) is 0 Å². The minimum Gasteiger partial charge on any atom is -0.508 e. The minimum atomic E-state index is -1.47. The SMILES string of the molecule is Cc1ccc(C(=O)NC(CO)(CO)CO)cc1O. The van der Waals surface area contributed by atoms with Crippen molar-refractivity contribution in [2.75, 3.05) is 19.8 Å². The van der Waals surface area contributed by atoms with Crippen LogP contribution in [0.2, 0.25) is 0 Å². The summed E-state index contributed by atoms with van der Waals surface area (Å²) in [5, 5.41) is 39.1. The van der Waals surface area contributed by atoms with Crippen LogP contribution in [-0.2, 0) is 0 Å². The molecular weight excluding hydrogens is 238 g/mol. The molecule has 1 rings (SSSR count). The predicted molar refractivity (Wildman–Crippen MR) is 64.3 cm³/mol. The third-order valence-corrected chi connectivity index (χ3v) is 2.76. The molecule has 0 aliphatic heterocycles. The predicted octanol–water partition coefficient (Wildman–Crippen LogP) is -0.854. The van der Waals surface area contributed by atoms with E-state index in [9.17, 15) is 9.90 Å². The molecule has 100 valence electrons. The van der Waals surface area contributed by atoms with Gasteiger partial charge in [-0.25, -0.2) is 0 Å². The van der Waals surface area contributed by atoms with Crippen molar-refractivity contribution in [3.63, 3.8) is 0 Å². The van der Waals surface area contributed by atoms with E-state index < -0.39 is 31.3 Å². The maximum atomic E-state index is 11.8. The molecule has 1 aromatic carbocycles.